The van der Waals surface area contributed by atoms with E-state index in [9.17, 15) is 13.2 Å². The zero-order valence-corrected chi connectivity index (χ0v) is 21.5. The summed E-state index contributed by atoms with van der Waals surface area (Å²) in [6.07, 6.45) is 3.18. The number of pyridine rings is 1. The van der Waals surface area contributed by atoms with E-state index in [2.05, 4.69) is 10.3 Å². The third-order valence-electron chi connectivity index (χ3n) is 6.07. The van der Waals surface area contributed by atoms with Gasteiger partial charge in [0.2, 0.25) is 0 Å². The van der Waals surface area contributed by atoms with Crippen LogP contribution >= 0.6 is 11.6 Å². The van der Waals surface area contributed by atoms with Gasteiger partial charge in [-0.2, -0.15) is 0 Å². The molecule has 1 aliphatic heterocycles. The average molecular weight is 534 g/mol. The zero-order valence-electron chi connectivity index (χ0n) is 20.0. The summed E-state index contributed by atoms with van der Waals surface area (Å²) in [6, 6.07) is 22.7. The SMILES string of the molecule is Cc1ccc(S(=O)(=O)N2C[C@H](C(=O)Nc3ccc(Cc4ccncc4)cc3)Oc3ccc(Cl)cc32)cc1. The van der Waals surface area contributed by atoms with E-state index in [1.54, 1.807) is 48.8 Å². The fourth-order valence-corrected chi connectivity index (χ4v) is 5.73. The molecule has 7 nitrogen and oxygen atoms in total. The molecule has 0 fully saturated rings. The minimum atomic E-state index is -3.97. The Kier molecular flexibility index (Phi) is 6.86. The molecule has 0 bridgehead atoms. The van der Waals surface area contributed by atoms with Crippen molar-refractivity contribution in [3.05, 3.63) is 113 Å². The van der Waals surface area contributed by atoms with Crippen LogP contribution in [0.1, 0.15) is 16.7 Å². The van der Waals surface area contributed by atoms with Crippen LogP contribution in [0.3, 0.4) is 0 Å². The van der Waals surface area contributed by atoms with Crippen LogP contribution in [0.2, 0.25) is 5.02 Å². The van der Waals surface area contributed by atoms with Crippen LogP contribution in [0.4, 0.5) is 11.4 Å². The third kappa shape index (κ3) is 5.45. The lowest BCUT2D eigenvalue weighted by molar-refractivity contribution is -0.122. The Morgan fingerprint density at radius 1 is 1.00 bits per heavy atom. The lowest BCUT2D eigenvalue weighted by atomic mass is 10.1. The molecule has 1 N–H and O–H groups in total. The van der Waals surface area contributed by atoms with E-state index >= 15 is 0 Å². The van der Waals surface area contributed by atoms with E-state index < -0.39 is 22.0 Å². The van der Waals surface area contributed by atoms with Gasteiger partial charge in [0.1, 0.15) is 5.75 Å². The number of sulfonamides is 1. The molecular weight excluding hydrogens is 510 g/mol. The number of nitrogens with zero attached hydrogens (tertiary/aromatic N) is 2. The normalized spacial score (nSPS) is 15.0. The molecular formula is C28H24ClN3O4S. The van der Waals surface area contributed by atoms with Gasteiger partial charge in [-0.15, -0.1) is 0 Å². The van der Waals surface area contributed by atoms with Gasteiger partial charge < -0.3 is 10.1 Å². The van der Waals surface area contributed by atoms with Gasteiger partial charge in [-0.05, 0) is 79.1 Å². The number of benzene rings is 3. The van der Waals surface area contributed by atoms with Crippen LogP contribution in [0.15, 0.2) is 96.2 Å². The number of ether oxygens (including phenoxy) is 1. The number of hydrogen-bond donors (Lipinski definition) is 1. The summed E-state index contributed by atoms with van der Waals surface area (Å²) in [5.41, 5.74) is 4.03. The Balaban J connectivity index is 1.36. The molecule has 0 radical (unpaired) electrons. The van der Waals surface area contributed by atoms with Gasteiger partial charge in [0.25, 0.3) is 15.9 Å². The summed E-state index contributed by atoms with van der Waals surface area (Å²) >= 11 is 6.17. The largest absolute Gasteiger partial charge is 0.476 e. The first-order chi connectivity index (χ1) is 17.8. The zero-order chi connectivity index (χ0) is 26.0. The Bertz CT molecular complexity index is 1530. The highest BCUT2D eigenvalue weighted by molar-refractivity contribution is 7.92. The number of aryl methyl sites for hydroxylation is 1. The Labute approximate surface area is 220 Å². The molecule has 1 aromatic heterocycles. The van der Waals surface area contributed by atoms with Crippen molar-refractivity contribution in [1.82, 2.24) is 4.98 Å². The van der Waals surface area contributed by atoms with Crippen molar-refractivity contribution in [2.24, 2.45) is 0 Å². The predicted octanol–water partition coefficient (Wildman–Crippen LogP) is 5.23. The smallest absolute Gasteiger partial charge is 0.267 e. The molecule has 0 spiro atoms. The minimum Gasteiger partial charge on any atom is -0.476 e. The van der Waals surface area contributed by atoms with Crippen molar-refractivity contribution in [2.75, 3.05) is 16.2 Å². The summed E-state index contributed by atoms with van der Waals surface area (Å²) in [6.45, 7) is 1.68. The summed E-state index contributed by atoms with van der Waals surface area (Å²) in [5.74, 6) is -0.189. The van der Waals surface area contributed by atoms with Crippen molar-refractivity contribution in [3.63, 3.8) is 0 Å². The molecule has 3 aromatic carbocycles. The Hall–Kier alpha value is -3.88. The molecule has 0 unspecified atom stereocenters. The Morgan fingerprint density at radius 3 is 2.38 bits per heavy atom. The van der Waals surface area contributed by atoms with Crippen LogP contribution in [0.5, 0.6) is 5.75 Å². The van der Waals surface area contributed by atoms with Crippen LogP contribution in [-0.4, -0.2) is 32.0 Å². The molecule has 188 valence electrons. The van der Waals surface area contributed by atoms with E-state index in [1.165, 1.54) is 10.4 Å². The molecule has 37 heavy (non-hydrogen) atoms. The van der Waals surface area contributed by atoms with Crippen LogP contribution in [0, 0.1) is 6.92 Å². The van der Waals surface area contributed by atoms with Crippen molar-refractivity contribution in [1.29, 1.82) is 0 Å². The van der Waals surface area contributed by atoms with E-state index in [-0.39, 0.29) is 22.9 Å². The van der Waals surface area contributed by atoms with E-state index in [4.69, 9.17) is 16.3 Å². The number of carbonyl (C=O) groups is 1. The topological polar surface area (TPSA) is 88.6 Å². The average Bonchev–Trinajstić information content (AvgIpc) is 2.90. The molecule has 1 amide bonds. The summed E-state index contributed by atoms with van der Waals surface area (Å²) in [5, 5.41) is 3.20. The molecule has 0 saturated heterocycles. The van der Waals surface area contributed by atoms with Crippen LogP contribution in [0.25, 0.3) is 0 Å². The fourth-order valence-electron chi connectivity index (χ4n) is 4.09. The predicted molar refractivity (Wildman–Crippen MR) is 144 cm³/mol. The summed E-state index contributed by atoms with van der Waals surface area (Å²) in [4.78, 5) is 17.3. The number of halogens is 1. The summed E-state index contributed by atoms with van der Waals surface area (Å²) < 4.78 is 34.3. The second kappa shape index (κ2) is 10.2. The van der Waals surface area contributed by atoms with Gasteiger partial charge in [0, 0.05) is 23.1 Å². The highest BCUT2D eigenvalue weighted by Crippen LogP contribution is 2.39. The maximum absolute atomic E-state index is 13.6. The second-order valence-electron chi connectivity index (χ2n) is 8.79. The van der Waals surface area contributed by atoms with E-state index in [1.807, 2.05) is 43.3 Å². The molecule has 5 rings (SSSR count). The molecule has 4 aromatic rings. The van der Waals surface area contributed by atoms with Gasteiger partial charge in [-0.3, -0.25) is 14.1 Å². The standard InChI is InChI=1S/C28H24ClN3O4S/c1-19-2-9-24(10-3-19)37(34,35)32-18-27(36-26-11-6-22(29)17-25(26)32)28(33)31-23-7-4-20(5-8-23)16-21-12-14-30-15-13-21/h2-15,17,27H,16,18H2,1H3,(H,31,33)/t27-/m1/s1. The van der Waals surface area contributed by atoms with E-state index in [0.717, 1.165) is 23.1 Å². The first-order valence-electron chi connectivity index (χ1n) is 11.6. The number of hydrogen-bond acceptors (Lipinski definition) is 5. The maximum atomic E-state index is 13.6. The maximum Gasteiger partial charge on any atom is 0.267 e. The quantitative estimate of drug-likeness (QED) is 0.366. The fraction of sp³-hybridized carbons (Fsp3) is 0.143. The van der Waals surface area contributed by atoms with Crippen molar-refractivity contribution in [2.45, 2.75) is 24.3 Å². The second-order valence-corrected chi connectivity index (χ2v) is 11.1. The third-order valence-corrected chi connectivity index (χ3v) is 8.10. The van der Waals surface area contributed by atoms with Crippen molar-refractivity contribution < 1.29 is 17.9 Å². The first kappa shape index (κ1) is 24.8. The number of anilines is 2. The number of fused-ring (bicyclic) bond motifs is 1. The molecule has 1 atom stereocenters. The highest BCUT2D eigenvalue weighted by Gasteiger charge is 2.37. The highest BCUT2D eigenvalue weighted by atomic mass is 35.5. The van der Waals surface area contributed by atoms with Gasteiger partial charge in [-0.25, -0.2) is 8.42 Å². The number of amides is 1. The van der Waals surface area contributed by atoms with Crippen molar-refractivity contribution >= 4 is 38.9 Å². The molecule has 0 aliphatic carbocycles. The van der Waals surface area contributed by atoms with Crippen LogP contribution < -0.4 is 14.4 Å². The molecule has 0 saturated carbocycles. The Morgan fingerprint density at radius 2 is 1.68 bits per heavy atom. The van der Waals surface area contributed by atoms with E-state index in [0.29, 0.717) is 10.7 Å². The number of aromatic nitrogens is 1. The molecule has 2 heterocycles. The van der Waals surface area contributed by atoms with Gasteiger partial charge in [0.05, 0.1) is 17.1 Å². The van der Waals surface area contributed by atoms with Gasteiger partial charge in [-0.1, -0.05) is 41.4 Å². The number of rotatable bonds is 6. The summed E-state index contributed by atoms with van der Waals surface area (Å²) in [7, 11) is -3.97. The number of nitrogens with one attached hydrogen (secondary N) is 1. The lowest BCUT2D eigenvalue weighted by Gasteiger charge is -2.35. The van der Waals surface area contributed by atoms with Crippen LogP contribution in [-0.2, 0) is 21.2 Å². The molecule has 9 heteroatoms. The monoisotopic (exact) mass is 533 g/mol. The number of carbonyl (C=O) groups excluding carboxylic acids is 1. The first-order valence-corrected chi connectivity index (χ1v) is 13.5. The molecule has 1 aliphatic rings. The van der Waals surface area contributed by atoms with Gasteiger partial charge in [0.15, 0.2) is 6.10 Å². The lowest BCUT2D eigenvalue weighted by Crippen LogP contribution is -2.48. The minimum absolute atomic E-state index is 0.120. The van der Waals surface area contributed by atoms with Crippen molar-refractivity contribution in [3.8, 4) is 5.75 Å². The van der Waals surface area contributed by atoms with Gasteiger partial charge >= 0.3 is 0 Å².